The van der Waals surface area contributed by atoms with Crippen LogP contribution in [0.2, 0.25) is 5.02 Å². The van der Waals surface area contributed by atoms with Crippen molar-refractivity contribution < 1.29 is 38.0 Å². The fraction of sp³-hybridized carbons (Fsp3) is 0.583. The van der Waals surface area contributed by atoms with E-state index in [-0.39, 0.29) is 24.3 Å². The molecule has 0 saturated heterocycles. The second-order valence-electron chi connectivity index (χ2n) is 13.3. The molecular weight excluding hydrogens is 712 g/mol. The molecule has 0 aliphatic carbocycles. The fourth-order valence-corrected chi connectivity index (χ4v) is 6.65. The average molecular weight is 763 g/mol. The van der Waals surface area contributed by atoms with Crippen LogP contribution in [0.4, 0.5) is 4.79 Å². The van der Waals surface area contributed by atoms with E-state index in [0.29, 0.717) is 76.9 Å². The van der Waals surface area contributed by atoms with Crippen LogP contribution < -0.4 is 11.1 Å². The van der Waals surface area contributed by atoms with Crippen molar-refractivity contribution in [2.45, 2.75) is 60.1 Å². The minimum absolute atomic E-state index is 0.107. The maximum Gasteiger partial charge on any atom is 0.404 e. The van der Waals surface area contributed by atoms with Gasteiger partial charge in [0.15, 0.2) is 5.82 Å². The van der Waals surface area contributed by atoms with Crippen molar-refractivity contribution in [3.8, 4) is 5.00 Å². The number of nitrogens with two attached hydrogens (primary N) is 1. The third kappa shape index (κ3) is 12.0. The van der Waals surface area contributed by atoms with Gasteiger partial charge in [0.05, 0.1) is 78.2 Å². The molecule has 0 bridgehead atoms. The summed E-state index contributed by atoms with van der Waals surface area (Å²) in [5.74, 6) is 1.21. The number of carbonyl (C=O) groups excluding carboxylic acids is 2. The molecule has 0 spiro atoms. The molecule has 2 atom stereocenters. The number of primary amides is 1. The van der Waals surface area contributed by atoms with Crippen LogP contribution in [-0.2, 0) is 33.2 Å². The van der Waals surface area contributed by atoms with Crippen LogP contribution in [-0.4, -0.2) is 111 Å². The molecule has 1 aliphatic rings. The number of halogens is 1. The minimum atomic E-state index is -0.816. The van der Waals surface area contributed by atoms with E-state index < -0.39 is 18.2 Å². The number of amides is 2. The number of fused-ring (bicyclic) bond motifs is 3. The third-order valence-electron chi connectivity index (χ3n) is 8.29. The lowest BCUT2D eigenvalue weighted by Crippen LogP contribution is -2.37. The minimum Gasteiger partial charge on any atom is -0.443 e. The van der Waals surface area contributed by atoms with Crippen molar-refractivity contribution in [1.82, 2.24) is 20.1 Å². The predicted octanol–water partition coefficient (Wildman–Crippen LogP) is 4.90. The topological polar surface area (TPSA) is 171 Å². The Balaban J connectivity index is 1.09. The number of aromatic nitrogens is 3. The van der Waals surface area contributed by atoms with Gasteiger partial charge in [-0.1, -0.05) is 44.5 Å². The van der Waals surface area contributed by atoms with Crippen LogP contribution >= 0.6 is 22.9 Å². The molecule has 3 heterocycles. The quantitative estimate of drug-likeness (QED) is 0.142. The molecule has 1 unspecified atom stereocenters. The van der Waals surface area contributed by atoms with Gasteiger partial charge in [0, 0.05) is 33.0 Å². The molecule has 2 aromatic heterocycles. The Morgan fingerprint density at radius 2 is 1.48 bits per heavy atom. The molecule has 52 heavy (non-hydrogen) atoms. The maximum atomic E-state index is 13.1. The molecule has 0 fully saturated rings. The predicted molar refractivity (Wildman–Crippen MR) is 199 cm³/mol. The highest BCUT2D eigenvalue weighted by atomic mass is 35.5. The first-order valence-electron chi connectivity index (χ1n) is 17.3. The summed E-state index contributed by atoms with van der Waals surface area (Å²) < 4.78 is 34.9. The summed E-state index contributed by atoms with van der Waals surface area (Å²) in [5, 5.41) is 13.4. The van der Waals surface area contributed by atoms with E-state index in [1.54, 1.807) is 11.3 Å². The number of nitrogens with one attached hydrogen (secondary N) is 1. The third-order valence-corrected chi connectivity index (χ3v) is 9.73. The summed E-state index contributed by atoms with van der Waals surface area (Å²) >= 11 is 7.87. The van der Waals surface area contributed by atoms with E-state index in [1.807, 2.05) is 56.5 Å². The van der Waals surface area contributed by atoms with E-state index in [4.69, 9.17) is 50.7 Å². The number of rotatable bonds is 21. The molecular formula is C36H51ClN6O8S. The second-order valence-corrected chi connectivity index (χ2v) is 14.9. The lowest BCUT2D eigenvalue weighted by atomic mass is 9.89. The molecule has 14 nitrogen and oxygen atoms in total. The Labute approximate surface area is 314 Å². The summed E-state index contributed by atoms with van der Waals surface area (Å²) in [6.07, 6.45) is -1.15. The van der Waals surface area contributed by atoms with Gasteiger partial charge in [-0.25, -0.2) is 4.79 Å². The molecule has 4 rings (SSSR count). The van der Waals surface area contributed by atoms with Gasteiger partial charge in [0.25, 0.3) is 0 Å². The van der Waals surface area contributed by atoms with Crippen LogP contribution in [0, 0.1) is 26.2 Å². The van der Waals surface area contributed by atoms with Crippen LogP contribution in [0.25, 0.3) is 5.00 Å². The van der Waals surface area contributed by atoms with Crippen molar-refractivity contribution in [3.63, 3.8) is 0 Å². The number of aryl methyl sites for hydroxylation is 2. The first-order chi connectivity index (χ1) is 24.9. The largest absolute Gasteiger partial charge is 0.443 e. The number of nitrogens with zero attached hydrogens (tertiary/aromatic N) is 4. The monoisotopic (exact) mass is 762 g/mol. The van der Waals surface area contributed by atoms with Gasteiger partial charge in [-0.3, -0.25) is 14.4 Å². The number of hydrogen-bond acceptors (Lipinski definition) is 12. The Kier molecular flexibility index (Phi) is 16.0. The van der Waals surface area contributed by atoms with E-state index in [0.717, 1.165) is 33.2 Å². The van der Waals surface area contributed by atoms with Gasteiger partial charge < -0.3 is 39.5 Å². The first-order valence-corrected chi connectivity index (χ1v) is 18.5. The SMILES string of the molecule is Cc1sc2c(c1C)C(c1ccc(Cl)cc1)=NC(CC(=O)NCCOCCOCCOCCOCCOC[C@@H](OC(N)=O)C(C)(C)C)c1nnc(C)n1-2. The number of benzene rings is 1. The van der Waals surface area contributed by atoms with Gasteiger partial charge in [-0.2, -0.15) is 0 Å². The Morgan fingerprint density at radius 1 is 0.904 bits per heavy atom. The Hall–Kier alpha value is -3.44. The highest BCUT2D eigenvalue weighted by Crippen LogP contribution is 2.39. The Morgan fingerprint density at radius 3 is 2.06 bits per heavy atom. The van der Waals surface area contributed by atoms with E-state index in [2.05, 4.69) is 29.4 Å². The molecule has 0 radical (unpaired) electrons. The van der Waals surface area contributed by atoms with Crippen LogP contribution in [0.5, 0.6) is 0 Å². The van der Waals surface area contributed by atoms with Gasteiger partial charge in [0.2, 0.25) is 5.91 Å². The molecule has 2 amide bonds. The van der Waals surface area contributed by atoms with Crippen LogP contribution in [0.1, 0.15) is 66.5 Å². The smallest absolute Gasteiger partial charge is 0.404 e. The zero-order valence-electron chi connectivity index (χ0n) is 30.9. The second kappa shape index (κ2) is 20.1. The highest BCUT2D eigenvalue weighted by molar-refractivity contribution is 7.15. The van der Waals surface area contributed by atoms with Crippen LogP contribution in [0.3, 0.4) is 0 Å². The summed E-state index contributed by atoms with van der Waals surface area (Å²) in [4.78, 5) is 30.5. The summed E-state index contributed by atoms with van der Waals surface area (Å²) in [5.41, 5.74) is 8.73. The standard InChI is InChI=1S/C36H51ClN6O8S/c1-23-24(2)52-34-31(23)32(26-7-9-27(37)10-8-26)40-28(33-42-41-25(3)43(33)34)21-30(44)39-11-12-46-13-14-47-15-16-48-17-18-49-19-20-50-22-29(36(4,5)6)51-35(38)45/h7-10,28-29H,11-22H2,1-6H3,(H2,38,45)(H,39,44)/t28?,29-/m1/s1. The molecule has 1 aromatic carbocycles. The number of hydrogen-bond donors (Lipinski definition) is 2. The van der Waals surface area contributed by atoms with E-state index >= 15 is 0 Å². The van der Waals surface area contributed by atoms with Crippen molar-refractivity contribution in [1.29, 1.82) is 0 Å². The fourth-order valence-electron chi connectivity index (χ4n) is 5.31. The lowest BCUT2D eigenvalue weighted by Gasteiger charge is -2.29. The lowest BCUT2D eigenvalue weighted by molar-refractivity contribution is -0.121. The summed E-state index contributed by atoms with van der Waals surface area (Å²) in [7, 11) is 0. The van der Waals surface area contributed by atoms with Crippen molar-refractivity contribution in [3.05, 3.63) is 62.5 Å². The van der Waals surface area contributed by atoms with Gasteiger partial charge in [-0.15, -0.1) is 21.5 Å². The van der Waals surface area contributed by atoms with Gasteiger partial charge in [-0.05, 0) is 38.5 Å². The van der Waals surface area contributed by atoms with Crippen LogP contribution in [0.15, 0.2) is 29.3 Å². The average Bonchev–Trinajstić information content (AvgIpc) is 3.56. The normalized spacial score (nSPS) is 14.7. The number of ether oxygens (including phenoxy) is 6. The van der Waals surface area contributed by atoms with Crippen molar-refractivity contribution in [2.75, 3.05) is 72.6 Å². The maximum absolute atomic E-state index is 13.1. The molecule has 0 saturated carbocycles. The number of aliphatic imine (C=N–C) groups is 1. The molecule has 286 valence electrons. The zero-order valence-corrected chi connectivity index (χ0v) is 32.4. The van der Waals surface area contributed by atoms with Crippen molar-refractivity contribution >= 4 is 40.6 Å². The zero-order chi connectivity index (χ0) is 37.7. The Bertz CT molecular complexity index is 1640. The summed E-state index contributed by atoms with van der Waals surface area (Å²) in [6, 6.07) is 7.06. The molecule has 3 N–H and O–H groups in total. The summed E-state index contributed by atoms with van der Waals surface area (Å²) in [6.45, 7) is 16.1. The molecule has 3 aromatic rings. The molecule has 1 aliphatic heterocycles. The van der Waals surface area contributed by atoms with Gasteiger partial charge >= 0.3 is 6.09 Å². The first kappa shape index (κ1) is 41.3. The number of carbonyl (C=O) groups is 2. The highest BCUT2D eigenvalue weighted by Gasteiger charge is 2.32. The van der Waals surface area contributed by atoms with Gasteiger partial charge in [0.1, 0.15) is 23.0 Å². The van der Waals surface area contributed by atoms with Crippen molar-refractivity contribution in [2.24, 2.45) is 16.1 Å². The van der Waals surface area contributed by atoms with E-state index in [1.165, 1.54) is 4.88 Å². The molecule has 16 heteroatoms. The number of thiophene rings is 1. The van der Waals surface area contributed by atoms with E-state index in [9.17, 15) is 9.59 Å².